The Hall–Kier alpha value is -1.40. The Morgan fingerprint density at radius 2 is 1.75 bits per heavy atom. The minimum Gasteiger partial charge on any atom is -0.491 e. The highest BCUT2D eigenvalue weighted by atomic mass is 79.9. The Kier molecular flexibility index (Phi) is 5.89. The molecule has 1 aliphatic rings. The Balaban J connectivity index is 1.68. The second-order valence-corrected chi connectivity index (χ2v) is 7.16. The van der Waals surface area contributed by atoms with Gasteiger partial charge in [0.1, 0.15) is 19.0 Å². The van der Waals surface area contributed by atoms with E-state index in [-0.39, 0.29) is 0 Å². The van der Waals surface area contributed by atoms with Crippen LogP contribution in [0.2, 0.25) is 0 Å². The van der Waals surface area contributed by atoms with Crippen LogP contribution in [0.4, 0.5) is 5.69 Å². The van der Waals surface area contributed by atoms with Gasteiger partial charge in [0.2, 0.25) is 0 Å². The Morgan fingerprint density at radius 3 is 2.46 bits per heavy atom. The summed E-state index contributed by atoms with van der Waals surface area (Å²) in [6, 6.07) is 10.0. The first-order valence-corrected chi connectivity index (χ1v) is 9.50. The van der Waals surface area contributed by atoms with Crippen molar-refractivity contribution in [3.63, 3.8) is 0 Å². The van der Waals surface area contributed by atoms with E-state index in [0.29, 0.717) is 26.4 Å². The molecule has 2 aromatic rings. The van der Waals surface area contributed by atoms with Crippen LogP contribution in [0.15, 0.2) is 39.3 Å². The molecule has 0 unspecified atom stereocenters. The average Bonchev–Trinajstić information content (AvgIpc) is 2.59. The van der Waals surface area contributed by atoms with Crippen LogP contribution < -0.4 is 19.5 Å². The summed E-state index contributed by atoms with van der Waals surface area (Å²) in [7, 11) is 0. The molecule has 0 aliphatic carbocycles. The van der Waals surface area contributed by atoms with Crippen molar-refractivity contribution in [2.45, 2.75) is 19.9 Å². The molecule has 6 heteroatoms. The Bertz CT molecular complexity index is 698. The molecule has 0 amide bonds. The molecule has 0 radical (unpaired) electrons. The molecule has 0 saturated carbocycles. The third-order valence-corrected chi connectivity index (χ3v) is 4.73. The first-order chi connectivity index (χ1) is 11.7. The van der Waals surface area contributed by atoms with Crippen LogP contribution in [-0.2, 0) is 6.54 Å². The van der Waals surface area contributed by atoms with Crippen molar-refractivity contribution in [3.05, 3.63) is 44.8 Å². The van der Waals surface area contributed by atoms with Crippen LogP contribution in [0.25, 0.3) is 0 Å². The SMILES string of the molecule is CCCOc1c(Br)cc(CNc2ccc3c(c2)OCCO3)cc1Br. The maximum absolute atomic E-state index is 5.75. The molecular weight excluding hydrogens is 438 g/mol. The number of nitrogens with one attached hydrogen (secondary N) is 1. The number of fused-ring (bicyclic) bond motifs is 1. The van der Waals surface area contributed by atoms with Crippen molar-refractivity contribution in [1.29, 1.82) is 0 Å². The van der Waals surface area contributed by atoms with Crippen LogP contribution in [0.1, 0.15) is 18.9 Å². The number of benzene rings is 2. The monoisotopic (exact) mass is 455 g/mol. The highest BCUT2D eigenvalue weighted by Crippen LogP contribution is 2.36. The third-order valence-electron chi connectivity index (χ3n) is 3.55. The van der Waals surface area contributed by atoms with Gasteiger partial charge in [0, 0.05) is 18.3 Å². The van der Waals surface area contributed by atoms with Crippen LogP contribution >= 0.6 is 31.9 Å². The van der Waals surface area contributed by atoms with Crippen molar-refractivity contribution in [3.8, 4) is 17.2 Å². The summed E-state index contributed by atoms with van der Waals surface area (Å²) in [6.45, 7) is 4.69. The van der Waals surface area contributed by atoms with Crippen LogP contribution in [0.3, 0.4) is 0 Å². The van der Waals surface area contributed by atoms with Crippen molar-refractivity contribution < 1.29 is 14.2 Å². The topological polar surface area (TPSA) is 39.7 Å². The van der Waals surface area contributed by atoms with Crippen LogP contribution in [-0.4, -0.2) is 19.8 Å². The Morgan fingerprint density at radius 1 is 1.04 bits per heavy atom. The summed E-state index contributed by atoms with van der Waals surface area (Å²) >= 11 is 7.17. The van der Waals surface area contributed by atoms with E-state index in [2.05, 4.69) is 56.2 Å². The lowest BCUT2D eigenvalue weighted by molar-refractivity contribution is 0.171. The number of rotatable bonds is 6. The van der Waals surface area contributed by atoms with Gasteiger partial charge in [-0.05, 0) is 68.1 Å². The lowest BCUT2D eigenvalue weighted by Gasteiger charge is -2.19. The minimum absolute atomic E-state index is 0.593. The van der Waals surface area contributed by atoms with Gasteiger partial charge in [-0.15, -0.1) is 0 Å². The fourth-order valence-electron chi connectivity index (χ4n) is 2.41. The number of hydrogen-bond donors (Lipinski definition) is 1. The van der Waals surface area contributed by atoms with E-state index < -0.39 is 0 Å². The molecule has 4 nitrogen and oxygen atoms in total. The molecule has 0 atom stereocenters. The maximum Gasteiger partial charge on any atom is 0.163 e. The van der Waals surface area contributed by atoms with Gasteiger partial charge in [0.05, 0.1) is 15.6 Å². The molecule has 0 aromatic heterocycles. The molecule has 3 rings (SSSR count). The van der Waals surface area contributed by atoms with Crippen molar-refractivity contribution in [1.82, 2.24) is 0 Å². The summed E-state index contributed by atoms with van der Waals surface area (Å²) in [5.41, 5.74) is 2.14. The van der Waals surface area contributed by atoms with Crippen LogP contribution in [0, 0.1) is 0 Å². The van der Waals surface area contributed by atoms with E-state index in [9.17, 15) is 0 Å². The van der Waals surface area contributed by atoms with Crippen molar-refractivity contribution in [2.75, 3.05) is 25.1 Å². The van der Waals surface area contributed by atoms with Gasteiger partial charge in [-0.3, -0.25) is 0 Å². The highest BCUT2D eigenvalue weighted by molar-refractivity contribution is 9.11. The maximum atomic E-state index is 5.75. The van der Waals surface area contributed by atoms with E-state index in [4.69, 9.17) is 14.2 Å². The van der Waals surface area contributed by atoms with Gasteiger partial charge < -0.3 is 19.5 Å². The smallest absolute Gasteiger partial charge is 0.163 e. The molecule has 2 aromatic carbocycles. The van der Waals surface area contributed by atoms with Gasteiger partial charge in [-0.2, -0.15) is 0 Å². The summed E-state index contributed by atoms with van der Waals surface area (Å²) < 4.78 is 18.8. The molecule has 0 spiro atoms. The molecule has 0 bridgehead atoms. The number of anilines is 1. The molecule has 1 heterocycles. The molecule has 0 saturated heterocycles. The molecule has 24 heavy (non-hydrogen) atoms. The summed E-state index contributed by atoms with van der Waals surface area (Å²) in [4.78, 5) is 0. The highest BCUT2D eigenvalue weighted by Gasteiger charge is 2.12. The second-order valence-electron chi connectivity index (χ2n) is 5.45. The lowest BCUT2D eigenvalue weighted by Crippen LogP contribution is -2.15. The zero-order chi connectivity index (χ0) is 16.9. The predicted octanol–water partition coefficient (Wildman–Crippen LogP) is 5.38. The second kappa shape index (κ2) is 8.12. The third kappa shape index (κ3) is 4.16. The molecule has 1 N–H and O–H groups in total. The van der Waals surface area contributed by atoms with Crippen molar-refractivity contribution in [2.24, 2.45) is 0 Å². The quantitative estimate of drug-likeness (QED) is 0.633. The van der Waals surface area contributed by atoms with E-state index in [1.807, 2.05) is 18.2 Å². The molecule has 128 valence electrons. The van der Waals surface area contributed by atoms with Crippen LogP contribution in [0.5, 0.6) is 17.2 Å². The van der Waals surface area contributed by atoms with Gasteiger partial charge >= 0.3 is 0 Å². The zero-order valence-electron chi connectivity index (χ0n) is 13.4. The number of halogens is 2. The molecular formula is C18H19Br2NO3. The standard InChI is InChI=1S/C18H19Br2NO3/c1-2-5-24-18-14(19)8-12(9-15(18)20)11-21-13-3-4-16-17(10-13)23-7-6-22-16/h3-4,8-10,21H,2,5-7,11H2,1H3. The van der Waals surface area contributed by atoms with Gasteiger partial charge in [0.15, 0.2) is 11.5 Å². The van der Waals surface area contributed by atoms with E-state index in [0.717, 1.165) is 43.9 Å². The first-order valence-electron chi connectivity index (χ1n) is 7.91. The Labute approximate surface area is 158 Å². The number of hydrogen-bond acceptors (Lipinski definition) is 4. The molecule has 1 aliphatic heterocycles. The number of ether oxygens (including phenoxy) is 3. The normalized spacial score (nSPS) is 12.8. The summed E-state index contributed by atoms with van der Waals surface area (Å²) in [5.74, 6) is 2.44. The summed E-state index contributed by atoms with van der Waals surface area (Å²) in [5, 5.41) is 3.41. The largest absolute Gasteiger partial charge is 0.491 e. The average molecular weight is 457 g/mol. The van der Waals surface area contributed by atoms with E-state index in [1.54, 1.807) is 0 Å². The summed E-state index contributed by atoms with van der Waals surface area (Å²) in [6.07, 6.45) is 0.978. The van der Waals surface area contributed by atoms with E-state index >= 15 is 0 Å². The first kappa shape index (κ1) is 17.4. The van der Waals surface area contributed by atoms with Gasteiger partial charge in [-0.25, -0.2) is 0 Å². The fraction of sp³-hybridized carbons (Fsp3) is 0.333. The van der Waals surface area contributed by atoms with Gasteiger partial charge in [-0.1, -0.05) is 6.92 Å². The van der Waals surface area contributed by atoms with Gasteiger partial charge in [0.25, 0.3) is 0 Å². The minimum atomic E-state index is 0.593. The zero-order valence-corrected chi connectivity index (χ0v) is 16.6. The fourth-order valence-corrected chi connectivity index (χ4v) is 3.92. The lowest BCUT2D eigenvalue weighted by atomic mass is 10.2. The van der Waals surface area contributed by atoms with E-state index in [1.165, 1.54) is 0 Å². The predicted molar refractivity (Wildman–Crippen MR) is 102 cm³/mol. The molecule has 0 fully saturated rings. The van der Waals surface area contributed by atoms with Crippen molar-refractivity contribution >= 4 is 37.5 Å².